The second kappa shape index (κ2) is 6.23. The van der Waals surface area contributed by atoms with Crippen molar-refractivity contribution in [1.29, 1.82) is 0 Å². The van der Waals surface area contributed by atoms with Crippen LogP contribution in [0.4, 0.5) is 0 Å². The molecule has 0 saturated heterocycles. The van der Waals surface area contributed by atoms with Gasteiger partial charge in [-0.25, -0.2) is 9.67 Å². The van der Waals surface area contributed by atoms with Crippen LogP contribution in [0.2, 0.25) is 0 Å². The van der Waals surface area contributed by atoms with Crippen molar-refractivity contribution in [2.45, 2.75) is 13.0 Å². The fourth-order valence-electron chi connectivity index (χ4n) is 2.65. The number of aromatic nitrogens is 4. The van der Waals surface area contributed by atoms with Gasteiger partial charge in [0, 0.05) is 31.6 Å². The standard InChI is InChI=1S/C17H15N5O3/c23-15(18-9-11-2-3-14-12(8-11)4-7-25-14)13-10-19-17(21-16(13)24)22-6-1-5-20-22/h1-3,5-6,8,10H,4,7,9H2,(H,18,23)(H,19,21,24). The third-order valence-corrected chi connectivity index (χ3v) is 3.92. The molecule has 0 radical (unpaired) electrons. The lowest BCUT2D eigenvalue weighted by molar-refractivity contribution is 0.0947. The molecule has 0 saturated carbocycles. The zero-order valence-electron chi connectivity index (χ0n) is 13.2. The minimum atomic E-state index is -0.443. The van der Waals surface area contributed by atoms with Crippen molar-refractivity contribution in [3.63, 3.8) is 0 Å². The van der Waals surface area contributed by atoms with E-state index in [-0.39, 0.29) is 17.4 Å². The van der Waals surface area contributed by atoms with Gasteiger partial charge in [0.25, 0.3) is 11.9 Å². The number of carbonyl (C=O) groups is 1. The van der Waals surface area contributed by atoms with Crippen LogP contribution in [0, 0.1) is 0 Å². The van der Waals surface area contributed by atoms with Gasteiger partial charge in [-0.2, -0.15) is 10.1 Å². The number of hydrogen-bond donors (Lipinski definition) is 2. The van der Waals surface area contributed by atoms with Crippen molar-refractivity contribution in [3.8, 4) is 17.6 Å². The van der Waals surface area contributed by atoms with E-state index in [1.165, 1.54) is 10.9 Å². The highest BCUT2D eigenvalue weighted by molar-refractivity contribution is 5.95. The first kappa shape index (κ1) is 15.1. The molecule has 126 valence electrons. The lowest BCUT2D eigenvalue weighted by Gasteiger charge is -2.08. The number of benzene rings is 1. The van der Waals surface area contributed by atoms with Crippen molar-refractivity contribution in [1.82, 2.24) is 25.1 Å². The number of rotatable bonds is 4. The molecule has 3 heterocycles. The molecule has 4 rings (SSSR count). The third kappa shape index (κ3) is 3.01. The maximum Gasteiger partial charge on any atom is 0.258 e. The summed E-state index contributed by atoms with van der Waals surface area (Å²) >= 11 is 0. The van der Waals surface area contributed by atoms with Crippen LogP contribution in [0.3, 0.4) is 0 Å². The van der Waals surface area contributed by atoms with Crippen molar-refractivity contribution >= 4 is 5.91 Å². The summed E-state index contributed by atoms with van der Waals surface area (Å²) in [5, 5.41) is 16.8. The molecule has 3 aromatic rings. The van der Waals surface area contributed by atoms with Gasteiger partial charge < -0.3 is 15.2 Å². The topological polar surface area (TPSA) is 102 Å². The first-order valence-corrected chi connectivity index (χ1v) is 7.79. The van der Waals surface area contributed by atoms with Gasteiger partial charge in [-0.3, -0.25) is 4.79 Å². The van der Waals surface area contributed by atoms with E-state index in [1.54, 1.807) is 18.5 Å². The number of ether oxygens (including phenoxy) is 1. The monoisotopic (exact) mass is 337 g/mol. The van der Waals surface area contributed by atoms with Crippen LogP contribution in [0.1, 0.15) is 21.5 Å². The summed E-state index contributed by atoms with van der Waals surface area (Å²) in [5.41, 5.74) is 2.12. The van der Waals surface area contributed by atoms with Crippen molar-refractivity contribution < 1.29 is 14.6 Å². The van der Waals surface area contributed by atoms with Gasteiger partial charge in [0.1, 0.15) is 11.3 Å². The highest BCUT2D eigenvalue weighted by atomic mass is 16.5. The summed E-state index contributed by atoms with van der Waals surface area (Å²) in [7, 11) is 0. The van der Waals surface area contributed by atoms with E-state index < -0.39 is 5.91 Å². The largest absolute Gasteiger partial charge is 0.493 e. The Balaban J connectivity index is 1.46. The summed E-state index contributed by atoms with van der Waals surface area (Å²) < 4.78 is 6.86. The number of amides is 1. The third-order valence-electron chi connectivity index (χ3n) is 3.92. The molecule has 8 heteroatoms. The second-order valence-electron chi connectivity index (χ2n) is 5.58. The number of aromatic hydroxyl groups is 1. The van der Waals surface area contributed by atoms with E-state index >= 15 is 0 Å². The Hall–Kier alpha value is -3.42. The smallest absolute Gasteiger partial charge is 0.258 e. The van der Waals surface area contributed by atoms with E-state index in [4.69, 9.17) is 4.74 Å². The maximum atomic E-state index is 12.3. The average Bonchev–Trinajstić information content (AvgIpc) is 3.30. The molecular weight excluding hydrogens is 322 g/mol. The summed E-state index contributed by atoms with van der Waals surface area (Å²) in [6.07, 6.45) is 5.38. The Kier molecular flexibility index (Phi) is 3.77. The molecule has 0 atom stereocenters. The normalized spacial score (nSPS) is 12.5. The minimum absolute atomic E-state index is 0.0143. The van der Waals surface area contributed by atoms with Crippen LogP contribution in [0.15, 0.2) is 42.9 Å². The van der Waals surface area contributed by atoms with Crippen molar-refractivity contribution in [2.24, 2.45) is 0 Å². The molecule has 1 amide bonds. The molecule has 2 N–H and O–H groups in total. The molecular formula is C17H15N5O3. The number of hydrogen-bond acceptors (Lipinski definition) is 6. The SMILES string of the molecule is O=C(NCc1ccc2c(c1)CCO2)c1cnc(-n2cccn2)nc1O. The summed E-state index contributed by atoms with van der Waals surface area (Å²) in [6, 6.07) is 7.54. The Morgan fingerprint density at radius 2 is 2.32 bits per heavy atom. The van der Waals surface area contributed by atoms with Crippen molar-refractivity contribution in [2.75, 3.05) is 6.61 Å². The van der Waals surface area contributed by atoms with Gasteiger partial charge in [0.2, 0.25) is 5.88 Å². The highest BCUT2D eigenvalue weighted by Crippen LogP contribution is 2.25. The zero-order valence-corrected chi connectivity index (χ0v) is 13.2. The van der Waals surface area contributed by atoms with Gasteiger partial charge in [-0.15, -0.1) is 0 Å². The average molecular weight is 337 g/mol. The molecule has 1 aliphatic rings. The fourth-order valence-corrected chi connectivity index (χ4v) is 2.65. The minimum Gasteiger partial charge on any atom is -0.493 e. The number of nitrogens with one attached hydrogen (secondary N) is 1. The summed E-state index contributed by atoms with van der Waals surface area (Å²) in [4.78, 5) is 20.2. The first-order valence-electron chi connectivity index (χ1n) is 7.79. The molecule has 0 fully saturated rings. The van der Waals surface area contributed by atoms with E-state index in [1.807, 2.05) is 18.2 Å². The maximum absolute atomic E-state index is 12.3. The molecule has 8 nitrogen and oxygen atoms in total. The van der Waals surface area contributed by atoms with Gasteiger partial charge in [0.15, 0.2) is 0 Å². The Bertz CT molecular complexity index is 924. The molecule has 2 aromatic heterocycles. The molecule has 0 unspecified atom stereocenters. The van der Waals surface area contributed by atoms with Gasteiger partial charge >= 0.3 is 0 Å². The van der Waals surface area contributed by atoms with Crippen LogP contribution in [0.5, 0.6) is 11.6 Å². The molecule has 1 aromatic carbocycles. The number of carbonyl (C=O) groups excluding carboxylic acids is 1. The fraction of sp³-hybridized carbons (Fsp3) is 0.176. The lowest BCUT2D eigenvalue weighted by Crippen LogP contribution is -2.23. The quantitative estimate of drug-likeness (QED) is 0.742. The van der Waals surface area contributed by atoms with Crippen LogP contribution >= 0.6 is 0 Å². The molecule has 1 aliphatic heterocycles. The first-order chi connectivity index (χ1) is 12.2. The molecule has 0 spiro atoms. The van der Waals surface area contributed by atoms with E-state index in [0.29, 0.717) is 13.2 Å². The lowest BCUT2D eigenvalue weighted by atomic mass is 10.1. The van der Waals surface area contributed by atoms with Crippen LogP contribution in [-0.2, 0) is 13.0 Å². The second-order valence-corrected chi connectivity index (χ2v) is 5.58. The highest BCUT2D eigenvalue weighted by Gasteiger charge is 2.16. The van der Waals surface area contributed by atoms with E-state index in [0.717, 1.165) is 23.3 Å². The van der Waals surface area contributed by atoms with E-state index in [9.17, 15) is 9.90 Å². The summed E-state index contributed by atoms with van der Waals surface area (Å²) in [5.74, 6) is 0.259. The Labute approximate surface area is 143 Å². The van der Waals surface area contributed by atoms with Crippen LogP contribution < -0.4 is 10.1 Å². The Morgan fingerprint density at radius 3 is 3.12 bits per heavy atom. The molecule has 0 aliphatic carbocycles. The molecule has 0 bridgehead atoms. The van der Waals surface area contributed by atoms with Crippen LogP contribution in [-0.4, -0.2) is 37.4 Å². The van der Waals surface area contributed by atoms with E-state index in [2.05, 4.69) is 20.4 Å². The van der Waals surface area contributed by atoms with Gasteiger partial charge in [0.05, 0.1) is 6.61 Å². The summed E-state index contributed by atoms with van der Waals surface area (Å²) in [6.45, 7) is 1.03. The van der Waals surface area contributed by atoms with Crippen LogP contribution in [0.25, 0.3) is 5.95 Å². The van der Waals surface area contributed by atoms with Gasteiger partial charge in [-0.05, 0) is 23.3 Å². The molecule has 25 heavy (non-hydrogen) atoms. The van der Waals surface area contributed by atoms with Gasteiger partial charge in [-0.1, -0.05) is 12.1 Å². The zero-order chi connectivity index (χ0) is 17.2. The number of nitrogens with zero attached hydrogens (tertiary/aromatic N) is 4. The number of fused-ring (bicyclic) bond motifs is 1. The predicted molar refractivity (Wildman–Crippen MR) is 87.6 cm³/mol. The predicted octanol–water partition coefficient (Wildman–Crippen LogP) is 1.23. The Morgan fingerprint density at radius 1 is 1.40 bits per heavy atom. The van der Waals surface area contributed by atoms with Crippen molar-refractivity contribution in [3.05, 3.63) is 59.5 Å².